The van der Waals surface area contributed by atoms with Gasteiger partial charge in [-0.1, -0.05) is 234 Å². The molecule has 0 atom stereocenters. The molecular formula is C66H48P2. The molecule has 0 saturated heterocycles. The Balaban J connectivity index is 0.935. The zero-order valence-electron chi connectivity index (χ0n) is 37.9. The van der Waals surface area contributed by atoms with Crippen LogP contribution in [0.1, 0.15) is 33.4 Å². The predicted octanol–water partition coefficient (Wildman–Crippen LogP) is 19.0. The number of hydrogen-bond donors (Lipinski definition) is 0. The van der Waals surface area contributed by atoms with Crippen molar-refractivity contribution in [2.75, 3.05) is 0 Å². The van der Waals surface area contributed by atoms with Crippen LogP contribution in [0.4, 0.5) is 0 Å². The summed E-state index contributed by atoms with van der Waals surface area (Å²) in [6.45, 7) is 0. The highest BCUT2D eigenvalue weighted by molar-refractivity contribution is 7.55. The van der Waals surface area contributed by atoms with E-state index in [1.165, 1.54) is 131 Å². The lowest BCUT2D eigenvalue weighted by Crippen LogP contribution is -2.00. The average molecular weight is 903 g/mol. The topological polar surface area (TPSA) is 0 Å². The number of fused-ring (bicyclic) bond motifs is 16. The van der Waals surface area contributed by atoms with Crippen molar-refractivity contribution in [2.45, 2.75) is 37.0 Å². The van der Waals surface area contributed by atoms with Crippen LogP contribution in [-0.2, 0) is 37.0 Å². The van der Waals surface area contributed by atoms with Crippen LogP contribution in [-0.4, -0.2) is 0 Å². The minimum atomic E-state index is -0.477. The fraction of sp³-hybridized carbons (Fsp3) is 0.0909. The summed E-state index contributed by atoms with van der Waals surface area (Å²) in [5, 5.41) is 16.1. The second-order valence-electron chi connectivity index (χ2n) is 19.2. The molecule has 0 aromatic heterocycles. The maximum atomic E-state index is 2.51. The van der Waals surface area contributed by atoms with Gasteiger partial charge in [-0.3, -0.25) is 0 Å². The Kier molecular flexibility index (Phi) is 9.68. The van der Waals surface area contributed by atoms with E-state index < -0.39 is 15.8 Å². The summed E-state index contributed by atoms with van der Waals surface area (Å²) in [6, 6.07) is 83.8. The van der Waals surface area contributed by atoms with E-state index in [-0.39, 0.29) is 0 Å². The molecule has 0 radical (unpaired) electrons. The van der Waals surface area contributed by atoms with Gasteiger partial charge in [0.2, 0.25) is 0 Å². The van der Waals surface area contributed by atoms with Crippen molar-refractivity contribution in [1.82, 2.24) is 0 Å². The first-order chi connectivity index (χ1) is 33.7. The van der Waals surface area contributed by atoms with Gasteiger partial charge in [0.25, 0.3) is 0 Å². The lowest BCUT2D eigenvalue weighted by molar-refractivity contribution is 1.28. The van der Waals surface area contributed by atoms with Gasteiger partial charge in [-0.05, 0) is 168 Å². The molecule has 0 bridgehead atoms. The Morgan fingerprint density at radius 1 is 0.221 bits per heavy atom. The van der Waals surface area contributed by atoms with Gasteiger partial charge < -0.3 is 0 Å². The molecule has 2 heteroatoms. The van der Waals surface area contributed by atoms with E-state index in [1.807, 2.05) is 0 Å². The summed E-state index contributed by atoms with van der Waals surface area (Å²) < 4.78 is 0. The Hall–Kier alpha value is -6.94. The summed E-state index contributed by atoms with van der Waals surface area (Å²) in [5.74, 6) is 0. The monoisotopic (exact) mass is 902 g/mol. The minimum Gasteiger partial charge on any atom is -0.0932 e. The van der Waals surface area contributed by atoms with Crippen LogP contribution in [0.3, 0.4) is 0 Å². The summed E-state index contributed by atoms with van der Waals surface area (Å²) in [4.78, 5) is 0. The first-order valence-electron chi connectivity index (χ1n) is 24.2. The van der Waals surface area contributed by atoms with Crippen molar-refractivity contribution < 1.29 is 0 Å². The first kappa shape index (κ1) is 40.2. The third-order valence-electron chi connectivity index (χ3n) is 15.2. The fourth-order valence-corrected chi connectivity index (χ4v) is 17.4. The maximum Gasteiger partial charge on any atom is -0.00606 e. The molecule has 14 rings (SSSR count). The average Bonchev–Trinajstić information content (AvgIpc) is 3.66. The van der Waals surface area contributed by atoms with Crippen molar-refractivity contribution in [2.24, 2.45) is 0 Å². The van der Waals surface area contributed by atoms with E-state index in [0.717, 1.165) is 37.0 Å². The molecule has 12 aromatic carbocycles. The lowest BCUT2D eigenvalue weighted by atomic mass is 9.88. The lowest BCUT2D eigenvalue weighted by Gasteiger charge is -2.25. The predicted molar refractivity (Wildman–Crippen MR) is 297 cm³/mol. The van der Waals surface area contributed by atoms with Crippen LogP contribution in [0.5, 0.6) is 0 Å². The third kappa shape index (κ3) is 6.65. The quantitative estimate of drug-likeness (QED) is 0.151. The molecule has 0 unspecified atom stereocenters. The van der Waals surface area contributed by atoms with Gasteiger partial charge in [0.15, 0.2) is 0 Å². The maximum absolute atomic E-state index is 2.51. The van der Waals surface area contributed by atoms with Crippen molar-refractivity contribution in [3.8, 4) is 33.4 Å². The Morgan fingerprint density at radius 3 is 0.706 bits per heavy atom. The summed E-state index contributed by atoms with van der Waals surface area (Å²) in [6.07, 6.45) is 6.52. The third-order valence-corrected chi connectivity index (χ3v) is 19.9. The van der Waals surface area contributed by atoms with Crippen LogP contribution in [0.2, 0.25) is 0 Å². The minimum absolute atomic E-state index is 0.477. The van der Waals surface area contributed by atoms with Crippen LogP contribution in [0.25, 0.3) is 98.0 Å². The molecule has 0 saturated carbocycles. The van der Waals surface area contributed by atoms with Crippen molar-refractivity contribution >= 4 is 80.5 Å². The molecular weight excluding hydrogens is 855 g/mol. The molecule has 2 aliphatic heterocycles. The summed E-state index contributed by atoms with van der Waals surface area (Å²) in [7, 11) is -0.954. The second-order valence-corrected chi connectivity index (χ2v) is 23.8. The number of rotatable bonds is 5. The van der Waals surface area contributed by atoms with Crippen LogP contribution >= 0.6 is 15.8 Å². The number of benzene rings is 12. The highest BCUT2D eigenvalue weighted by Crippen LogP contribution is 2.58. The van der Waals surface area contributed by atoms with Gasteiger partial charge in [-0.15, -0.1) is 0 Å². The molecule has 2 aliphatic rings. The first-order valence-corrected chi connectivity index (χ1v) is 28.0. The largest absolute Gasteiger partial charge is 0.0932 e. The van der Waals surface area contributed by atoms with E-state index in [1.54, 1.807) is 0 Å². The Morgan fingerprint density at radius 2 is 0.441 bits per heavy atom. The molecule has 0 spiro atoms. The molecule has 322 valence electrons. The molecule has 0 aliphatic carbocycles. The second kappa shape index (κ2) is 16.4. The van der Waals surface area contributed by atoms with Gasteiger partial charge in [0, 0.05) is 0 Å². The van der Waals surface area contributed by atoms with E-state index in [4.69, 9.17) is 0 Å². The standard InChI is InChI=1S/C66H48P2/c1-7-19-55-43(13-1)25-31-49-37-67(38-50-32-26-44-14-2-8-20-56(44)62(50)61(49)55)41-53-35-29-47-17-5-11-23-59(47)65(53)66-54(36-30-48-18-6-12-24-60(48)66)42-68-39-51-33-27-45-15-3-9-21-57(45)63(51)64-52(40-68)34-28-46-16-4-10-22-58(46)64/h1-36H,37-42H2. The van der Waals surface area contributed by atoms with Crippen LogP contribution < -0.4 is 0 Å². The SMILES string of the molecule is c1ccc2c(-c3c(CP4Cc5ccc6ccccc6c5-c5c(ccc6ccccc56)C4)ccc4ccccc34)c(CP3Cc4ccc5ccccc5c4-c4c(ccc5ccccc45)C3)ccc2c1. The number of hydrogen-bond acceptors (Lipinski definition) is 0. The van der Waals surface area contributed by atoms with E-state index in [0.29, 0.717) is 0 Å². The molecule has 12 aromatic rings. The molecule has 0 N–H and O–H groups in total. The zero-order chi connectivity index (χ0) is 44.7. The van der Waals surface area contributed by atoms with Crippen LogP contribution in [0.15, 0.2) is 218 Å². The van der Waals surface area contributed by atoms with Gasteiger partial charge in [-0.2, -0.15) is 0 Å². The van der Waals surface area contributed by atoms with Gasteiger partial charge in [0.1, 0.15) is 0 Å². The van der Waals surface area contributed by atoms with Crippen molar-refractivity contribution in [1.29, 1.82) is 0 Å². The highest BCUT2D eigenvalue weighted by atomic mass is 31.1. The molecule has 0 amide bonds. The van der Waals surface area contributed by atoms with E-state index in [9.17, 15) is 0 Å². The molecule has 2 heterocycles. The molecule has 0 fully saturated rings. The van der Waals surface area contributed by atoms with Crippen molar-refractivity contribution in [3.63, 3.8) is 0 Å². The normalized spacial score (nSPS) is 13.9. The van der Waals surface area contributed by atoms with Crippen molar-refractivity contribution in [3.05, 3.63) is 252 Å². The molecule has 68 heavy (non-hydrogen) atoms. The van der Waals surface area contributed by atoms with E-state index >= 15 is 0 Å². The fourth-order valence-electron chi connectivity index (χ4n) is 12.2. The molecule has 0 nitrogen and oxygen atoms in total. The summed E-state index contributed by atoms with van der Waals surface area (Å²) >= 11 is 0. The highest BCUT2D eigenvalue weighted by Gasteiger charge is 2.29. The van der Waals surface area contributed by atoms with Crippen LogP contribution in [0, 0.1) is 0 Å². The smallest absolute Gasteiger partial charge is 0.00606 e. The Bertz CT molecular complexity index is 3570. The Labute approximate surface area is 400 Å². The van der Waals surface area contributed by atoms with Gasteiger partial charge in [0.05, 0.1) is 0 Å². The van der Waals surface area contributed by atoms with E-state index in [2.05, 4.69) is 218 Å². The van der Waals surface area contributed by atoms with Gasteiger partial charge >= 0.3 is 0 Å². The zero-order valence-corrected chi connectivity index (χ0v) is 39.7. The van der Waals surface area contributed by atoms with Gasteiger partial charge in [-0.25, -0.2) is 0 Å². The summed E-state index contributed by atoms with van der Waals surface area (Å²) in [5.41, 5.74) is 17.6.